The predicted octanol–water partition coefficient (Wildman–Crippen LogP) is 2.15. The van der Waals surface area contributed by atoms with Crippen molar-refractivity contribution < 1.29 is 0 Å². The minimum absolute atomic E-state index is 0.648. The molecule has 0 aliphatic carbocycles. The fourth-order valence-electron chi connectivity index (χ4n) is 1.41. The number of nitrogens with zero attached hydrogens (tertiary/aromatic N) is 2. The summed E-state index contributed by atoms with van der Waals surface area (Å²) in [5, 5.41) is 0. The Bertz CT molecular complexity index is 266. The molecular formula is C11H19N3. The number of rotatable bonds is 4. The molecule has 78 valence electrons. The van der Waals surface area contributed by atoms with Gasteiger partial charge in [0.05, 0.1) is 11.9 Å². The van der Waals surface area contributed by atoms with E-state index in [0.29, 0.717) is 11.6 Å². The molecule has 0 unspecified atom stereocenters. The lowest BCUT2D eigenvalue weighted by molar-refractivity contribution is 0.614. The fraction of sp³-hybridized carbons (Fsp3) is 0.545. The molecule has 0 saturated carbocycles. The van der Waals surface area contributed by atoms with E-state index in [1.54, 1.807) is 6.20 Å². The molecule has 0 aliphatic rings. The summed E-state index contributed by atoms with van der Waals surface area (Å²) in [7, 11) is 0. The van der Waals surface area contributed by atoms with Crippen molar-refractivity contribution in [1.82, 2.24) is 4.98 Å². The van der Waals surface area contributed by atoms with Gasteiger partial charge in [0.1, 0.15) is 5.82 Å². The molecule has 3 nitrogen and oxygen atoms in total. The fourth-order valence-corrected chi connectivity index (χ4v) is 1.41. The van der Waals surface area contributed by atoms with Crippen molar-refractivity contribution in [2.24, 2.45) is 5.92 Å². The molecule has 14 heavy (non-hydrogen) atoms. The van der Waals surface area contributed by atoms with Crippen LogP contribution >= 0.6 is 0 Å². The van der Waals surface area contributed by atoms with Gasteiger partial charge >= 0.3 is 0 Å². The van der Waals surface area contributed by atoms with Crippen molar-refractivity contribution in [2.75, 3.05) is 23.7 Å². The maximum atomic E-state index is 5.59. The Morgan fingerprint density at radius 2 is 2.14 bits per heavy atom. The first-order valence-electron chi connectivity index (χ1n) is 5.10. The van der Waals surface area contributed by atoms with E-state index in [2.05, 4.69) is 30.7 Å². The maximum absolute atomic E-state index is 5.59. The molecule has 0 aromatic carbocycles. The summed E-state index contributed by atoms with van der Waals surface area (Å²) in [5.74, 6) is 1.66. The third kappa shape index (κ3) is 2.91. The third-order valence-corrected chi connectivity index (χ3v) is 2.06. The molecule has 3 heteroatoms. The number of pyridine rings is 1. The lowest BCUT2D eigenvalue weighted by atomic mass is 10.2. The summed E-state index contributed by atoms with van der Waals surface area (Å²) in [6.45, 7) is 8.57. The lowest BCUT2D eigenvalue weighted by Gasteiger charge is -2.23. The molecule has 0 atom stereocenters. The van der Waals surface area contributed by atoms with Crippen LogP contribution in [0.15, 0.2) is 18.3 Å². The largest absolute Gasteiger partial charge is 0.397 e. The summed E-state index contributed by atoms with van der Waals surface area (Å²) in [6, 6.07) is 3.87. The second-order valence-corrected chi connectivity index (χ2v) is 3.88. The molecule has 0 saturated heterocycles. The second kappa shape index (κ2) is 4.84. The standard InChI is InChI=1S/C11H19N3/c1-4-14(8-9(2)3)11-6-5-10(12)7-13-11/h5-7,9H,4,8,12H2,1-3H3. The van der Waals surface area contributed by atoms with Gasteiger partial charge in [-0.3, -0.25) is 0 Å². The van der Waals surface area contributed by atoms with Gasteiger partial charge in [-0.2, -0.15) is 0 Å². The van der Waals surface area contributed by atoms with Crippen molar-refractivity contribution in [1.29, 1.82) is 0 Å². The van der Waals surface area contributed by atoms with Gasteiger partial charge in [0.15, 0.2) is 0 Å². The van der Waals surface area contributed by atoms with E-state index in [0.717, 1.165) is 18.9 Å². The SMILES string of the molecule is CCN(CC(C)C)c1ccc(N)cn1. The maximum Gasteiger partial charge on any atom is 0.128 e. The zero-order chi connectivity index (χ0) is 10.6. The van der Waals surface area contributed by atoms with E-state index >= 15 is 0 Å². The highest BCUT2D eigenvalue weighted by molar-refractivity contribution is 5.45. The normalized spacial score (nSPS) is 10.6. The van der Waals surface area contributed by atoms with Crippen molar-refractivity contribution in [2.45, 2.75) is 20.8 Å². The second-order valence-electron chi connectivity index (χ2n) is 3.88. The number of hydrogen-bond donors (Lipinski definition) is 1. The molecule has 0 fully saturated rings. The highest BCUT2D eigenvalue weighted by Gasteiger charge is 2.06. The van der Waals surface area contributed by atoms with Gasteiger partial charge in [-0.25, -0.2) is 4.98 Å². The zero-order valence-corrected chi connectivity index (χ0v) is 9.20. The number of anilines is 2. The average molecular weight is 193 g/mol. The molecule has 1 rings (SSSR count). The number of nitrogens with two attached hydrogens (primary N) is 1. The smallest absolute Gasteiger partial charge is 0.128 e. The number of aromatic nitrogens is 1. The van der Waals surface area contributed by atoms with Gasteiger partial charge in [0, 0.05) is 13.1 Å². The molecule has 1 aromatic heterocycles. The summed E-state index contributed by atoms with van der Waals surface area (Å²) in [4.78, 5) is 6.56. The molecule has 0 spiro atoms. The van der Waals surface area contributed by atoms with Gasteiger partial charge in [-0.1, -0.05) is 13.8 Å². The molecule has 0 amide bonds. The van der Waals surface area contributed by atoms with Gasteiger partial charge in [0.2, 0.25) is 0 Å². The average Bonchev–Trinajstić information content (AvgIpc) is 2.15. The Balaban J connectivity index is 2.73. The zero-order valence-electron chi connectivity index (χ0n) is 9.20. The molecule has 2 N–H and O–H groups in total. The molecule has 1 heterocycles. The molecule has 0 aliphatic heterocycles. The Morgan fingerprint density at radius 1 is 1.43 bits per heavy atom. The van der Waals surface area contributed by atoms with E-state index < -0.39 is 0 Å². The summed E-state index contributed by atoms with van der Waals surface area (Å²) in [6.07, 6.45) is 1.71. The van der Waals surface area contributed by atoms with Crippen LogP contribution in [-0.2, 0) is 0 Å². The van der Waals surface area contributed by atoms with Crippen molar-refractivity contribution in [3.05, 3.63) is 18.3 Å². The lowest BCUT2D eigenvalue weighted by Crippen LogP contribution is -2.27. The third-order valence-electron chi connectivity index (χ3n) is 2.06. The van der Waals surface area contributed by atoms with E-state index in [9.17, 15) is 0 Å². The van der Waals surface area contributed by atoms with Crippen LogP contribution in [-0.4, -0.2) is 18.1 Å². The monoisotopic (exact) mass is 193 g/mol. The van der Waals surface area contributed by atoms with Crippen LogP contribution in [0, 0.1) is 5.92 Å². The number of nitrogen functional groups attached to an aromatic ring is 1. The van der Waals surface area contributed by atoms with Crippen LogP contribution in [0.1, 0.15) is 20.8 Å². The molecule has 1 aromatic rings. The highest BCUT2D eigenvalue weighted by atomic mass is 15.2. The minimum Gasteiger partial charge on any atom is -0.397 e. The van der Waals surface area contributed by atoms with E-state index in [-0.39, 0.29) is 0 Å². The van der Waals surface area contributed by atoms with E-state index in [1.165, 1.54) is 0 Å². The Labute approximate surface area is 85.9 Å². The van der Waals surface area contributed by atoms with Crippen LogP contribution < -0.4 is 10.6 Å². The quantitative estimate of drug-likeness (QED) is 0.796. The topological polar surface area (TPSA) is 42.1 Å². The van der Waals surface area contributed by atoms with Crippen LogP contribution in [0.3, 0.4) is 0 Å². The van der Waals surface area contributed by atoms with Gasteiger partial charge < -0.3 is 10.6 Å². The van der Waals surface area contributed by atoms with E-state index in [4.69, 9.17) is 5.73 Å². The summed E-state index contributed by atoms with van der Waals surface area (Å²) in [5.41, 5.74) is 6.31. The van der Waals surface area contributed by atoms with Crippen molar-refractivity contribution in [3.63, 3.8) is 0 Å². The summed E-state index contributed by atoms with van der Waals surface area (Å²) >= 11 is 0. The first-order chi connectivity index (χ1) is 6.63. The highest BCUT2D eigenvalue weighted by Crippen LogP contribution is 2.13. The number of hydrogen-bond acceptors (Lipinski definition) is 3. The molecule has 0 bridgehead atoms. The van der Waals surface area contributed by atoms with Gasteiger partial charge in [-0.05, 0) is 25.0 Å². The Hall–Kier alpha value is -1.25. The first-order valence-corrected chi connectivity index (χ1v) is 5.10. The van der Waals surface area contributed by atoms with Gasteiger partial charge in [0.25, 0.3) is 0 Å². The van der Waals surface area contributed by atoms with E-state index in [1.807, 2.05) is 12.1 Å². The predicted molar refractivity (Wildman–Crippen MR) is 61.4 cm³/mol. The van der Waals surface area contributed by atoms with Crippen LogP contribution in [0.25, 0.3) is 0 Å². The van der Waals surface area contributed by atoms with Crippen molar-refractivity contribution >= 4 is 11.5 Å². The van der Waals surface area contributed by atoms with Crippen LogP contribution in [0.5, 0.6) is 0 Å². The van der Waals surface area contributed by atoms with Crippen LogP contribution in [0.4, 0.5) is 11.5 Å². The minimum atomic E-state index is 0.648. The Kier molecular flexibility index (Phi) is 3.74. The van der Waals surface area contributed by atoms with Gasteiger partial charge in [-0.15, -0.1) is 0 Å². The Morgan fingerprint density at radius 3 is 2.57 bits per heavy atom. The van der Waals surface area contributed by atoms with Crippen molar-refractivity contribution in [3.8, 4) is 0 Å². The van der Waals surface area contributed by atoms with Crippen LogP contribution in [0.2, 0.25) is 0 Å². The molecular weight excluding hydrogens is 174 g/mol. The molecule has 0 radical (unpaired) electrons. The summed E-state index contributed by atoms with van der Waals surface area (Å²) < 4.78 is 0. The first kappa shape index (κ1) is 10.8.